The van der Waals surface area contributed by atoms with Crippen LogP contribution in [0.4, 0.5) is 4.79 Å². The molecule has 0 fully saturated rings. The Hall–Kier alpha value is -2.05. The number of rotatable bonds is 2. The van der Waals surface area contributed by atoms with E-state index in [1.807, 2.05) is 6.92 Å². The predicted octanol–water partition coefficient (Wildman–Crippen LogP) is 1.54. The third kappa shape index (κ3) is 2.86. The van der Waals surface area contributed by atoms with E-state index in [1.54, 1.807) is 0 Å². The molecule has 0 radical (unpaired) electrons. The number of hydrogen-bond donors (Lipinski definition) is 0. The molecule has 0 N–H and O–H groups in total. The van der Waals surface area contributed by atoms with Crippen LogP contribution in [0.15, 0.2) is 12.4 Å². The van der Waals surface area contributed by atoms with Crippen LogP contribution in [0, 0.1) is 5.41 Å². The Kier molecular flexibility index (Phi) is 3.46. The van der Waals surface area contributed by atoms with E-state index in [1.165, 1.54) is 17.1 Å². The lowest BCUT2D eigenvalue weighted by molar-refractivity contribution is 0.235. The van der Waals surface area contributed by atoms with Crippen molar-refractivity contribution in [2.75, 3.05) is 0 Å². The van der Waals surface area contributed by atoms with Gasteiger partial charge in [-0.05, 0) is 18.3 Å². The van der Waals surface area contributed by atoms with Crippen molar-refractivity contribution in [2.24, 2.45) is 5.41 Å². The Morgan fingerprint density at radius 3 is 2.58 bits per heavy atom. The summed E-state index contributed by atoms with van der Waals surface area (Å²) in [5.74, 6) is 0. The maximum atomic E-state index is 12.3. The molecule has 0 saturated carbocycles. The molecule has 2 aromatic rings. The minimum absolute atomic E-state index is 0.0476. The van der Waals surface area contributed by atoms with E-state index in [-0.39, 0.29) is 11.4 Å². The van der Waals surface area contributed by atoms with Gasteiger partial charge in [-0.15, -0.1) is 10.2 Å². The third-order valence-electron chi connectivity index (χ3n) is 2.68. The molecule has 19 heavy (non-hydrogen) atoms. The van der Waals surface area contributed by atoms with E-state index in [9.17, 15) is 4.79 Å². The van der Waals surface area contributed by atoms with E-state index >= 15 is 0 Å². The van der Waals surface area contributed by atoms with Crippen molar-refractivity contribution in [1.29, 1.82) is 0 Å². The Balaban J connectivity index is 2.41. The highest BCUT2D eigenvalue weighted by atomic mass is 16.2. The van der Waals surface area contributed by atoms with Gasteiger partial charge in [0.25, 0.3) is 0 Å². The van der Waals surface area contributed by atoms with E-state index in [0.717, 1.165) is 28.9 Å². The first-order valence-corrected chi connectivity index (χ1v) is 6.27. The maximum absolute atomic E-state index is 12.3. The molecule has 0 atom stereocenters. The molecule has 0 aromatic carbocycles. The molecule has 0 bridgehead atoms. The van der Waals surface area contributed by atoms with Crippen LogP contribution in [0.1, 0.15) is 39.1 Å². The SMILES string of the molecule is CCc1nnn(C(=O)n2ccnn2)c1CC(C)(C)C. The topological polar surface area (TPSA) is 78.5 Å². The summed E-state index contributed by atoms with van der Waals surface area (Å²) in [7, 11) is 0. The molecule has 2 aromatic heterocycles. The van der Waals surface area contributed by atoms with Gasteiger partial charge in [-0.2, -0.15) is 9.36 Å². The van der Waals surface area contributed by atoms with E-state index in [2.05, 4.69) is 41.4 Å². The van der Waals surface area contributed by atoms with E-state index in [4.69, 9.17) is 0 Å². The van der Waals surface area contributed by atoms with Gasteiger partial charge in [0, 0.05) is 0 Å². The third-order valence-corrected chi connectivity index (χ3v) is 2.68. The molecular weight excluding hydrogens is 244 g/mol. The van der Waals surface area contributed by atoms with Gasteiger partial charge in [0.2, 0.25) is 0 Å². The summed E-state index contributed by atoms with van der Waals surface area (Å²) >= 11 is 0. The molecule has 2 rings (SSSR count). The van der Waals surface area contributed by atoms with Gasteiger partial charge < -0.3 is 0 Å². The molecule has 0 aliphatic rings. The van der Waals surface area contributed by atoms with Crippen LogP contribution in [0.2, 0.25) is 0 Å². The van der Waals surface area contributed by atoms with Crippen molar-refractivity contribution in [3.05, 3.63) is 23.8 Å². The lowest BCUT2D eigenvalue weighted by Gasteiger charge is -2.18. The summed E-state index contributed by atoms with van der Waals surface area (Å²) in [6.45, 7) is 8.34. The van der Waals surface area contributed by atoms with Gasteiger partial charge in [0.1, 0.15) is 0 Å². The second-order valence-corrected chi connectivity index (χ2v) is 5.62. The van der Waals surface area contributed by atoms with E-state index in [0.29, 0.717) is 0 Å². The average Bonchev–Trinajstić information content (AvgIpc) is 2.94. The highest BCUT2D eigenvalue weighted by molar-refractivity contribution is 5.77. The number of aryl methyl sites for hydroxylation is 1. The minimum Gasteiger partial charge on any atom is -0.243 e. The maximum Gasteiger partial charge on any atom is 0.372 e. The van der Waals surface area contributed by atoms with Crippen LogP contribution in [0.25, 0.3) is 0 Å². The van der Waals surface area contributed by atoms with Crippen molar-refractivity contribution in [3.63, 3.8) is 0 Å². The molecule has 0 aliphatic carbocycles. The predicted molar refractivity (Wildman–Crippen MR) is 68.8 cm³/mol. The van der Waals surface area contributed by atoms with Gasteiger partial charge in [-0.3, -0.25) is 0 Å². The Bertz CT molecular complexity index is 564. The summed E-state index contributed by atoms with van der Waals surface area (Å²) in [6.07, 6.45) is 4.43. The Labute approximate surface area is 111 Å². The second kappa shape index (κ2) is 4.91. The molecule has 7 heteroatoms. The van der Waals surface area contributed by atoms with Crippen LogP contribution in [0.5, 0.6) is 0 Å². The van der Waals surface area contributed by atoms with Crippen molar-refractivity contribution in [1.82, 2.24) is 30.0 Å². The number of carbonyl (C=O) groups excluding carboxylic acids is 1. The van der Waals surface area contributed by atoms with Crippen molar-refractivity contribution in [3.8, 4) is 0 Å². The van der Waals surface area contributed by atoms with Crippen LogP contribution in [-0.4, -0.2) is 36.0 Å². The standard InChI is InChI=1S/C12H18N6O/c1-5-9-10(8-12(2,3)4)18(16-14-9)11(19)17-7-6-13-15-17/h6-7H,5,8H2,1-4H3. The van der Waals surface area contributed by atoms with Gasteiger partial charge in [-0.1, -0.05) is 38.1 Å². The summed E-state index contributed by atoms with van der Waals surface area (Å²) in [5.41, 5.74) is 1.74. The van der Waals surface area contributed by atoms with Crippen LogP contribution in [0.3, 0.4) is 0 Å². The number of hydrogen-bond acceptors (Lipinski definition) is 5. The number of nitrogens with zero attached hydrogens (tertiary/aromatic N) is 6. The Morgan fingerprint density at radius 1 is 1.32 bits per heavy atom. The smallest absolute Gasteiger partial charge is 0.243 e. The first-order valence-electron chi connectivity index (χ1n) is 6.27. The van der Waals surface area contributed by atoms with Gasteiger partial charge in [0.05, 0.1) is 23.8 Å². The highest BCUT2D eigenvalue weighted by Crippen LogP contribution is 2.22. The lowest BCUT2D eigenvalue weighted by Crippen LogP contribution is -2.25. The van der Waals surface area contributed by atoms with Crippen molar-refractivity contribution >= 4 is 6.03 Å². The number of aromatic nitrogens is 6. The molecule has 2 heterocycles. The lowest BCUT2D eigenvalue weighted by atomic mass is 9.89. The number of carbonyl (C=O) groups is 1. The molecular formula is C12H18N6O. The summed E-state index contributed by atoms with van der Waals surface area (Å²) in [5, 5.41) is 15.4. The second-order valence-electron chi connectivity index (χ2n) is 5.62. The molecule has 0 spiro atoms. The molecule has 0 amide bonds. The summed E-state index contributed by atoms with van der Waals surface area (Å²) in [4.78, 5) is 12.3. The fourth-order valence-corrected chi connectivity index (χ4v) is 1.85. The zero-order valence-electron chi connectivity index (χ0n) is 11.7. The monoisotopic (exact) mass is 262 g/mol. The van der Waals surface area contributed by atoms with Crippen molar-refractivity contribution < 1.29 is 4.79 Å². The summed E-state index contributed by atoms with van der Waals surface area (Å²) < 4.78 is 2.47. The van der Waals surface area contributed by atoms with Gasteiger partial charge in [0.15, 0.2) is 0 Å². The molecule has 7 nitrogen and oxygen atoms in total. The van der Waals surface area contributed by atoms with Crippen LogP contribution >= 0.6 is 0 Å². The first-order chi connectivity index (χ1) is 8.92. The Morgan fingerprint density at radius 2 is 2.05 bits per heavy atom. The summed E-state index contributed by atoms with van der Waals surface area (Å²) in [6, 6.07) is -0.357. The molecule has 0 aliphatic heterocycles. The largest absolute Gasteiger partial charge is 0.372 e. The normalized spacial score (nSPS) is 11.8. The minimum atomic E-state index is -0.357. The van der Waals surface area contributed by atoms with Crippen molar-refractivity contribution in [2.45, 2.75) is 40.5 Å². The average molecular weight is 262 g/mol. The van der Waals surface area contributed by atoms with Gasteiger partial charge >= 0.3 is 6.03 Å². The van der Waals surface area contributed by atoms with Crippen LogP contribution in [-0.2, 0) is 12.8 Å². The highest BCUT2D eigenvalue weighted by Gasteiger charge is 2.23. The zero-order chi connectivity index (χ0) is 14.0. The molecule has 0 unspecified atom stereocenters. The quantitative estimate of drug-likeness (QED) is 0.820. The fourth-order valence-electron chi connectivity index (χ4n) is 1.85. The zero-order valence-corrected chi connectivity index (χ0v) is 11.7. The van der Waals surface area contributed by atoms with Gasteiger partial charge in [-0.25, -0.2) is 4.79 Å². The molecule has 0 saturated heterocycles. The van der Waals surface area contributed by atoms with E-state index < -0.39 is 0 Å². The van der Waals surface area contributed by atoms with Crippen LogP contribution < -0.4 is 0 Å². The molecule has 102 valence electrons. The fraction of sp³-hybridized carbons (Fsp3) is 0.583. The first kappa shape index (κ1) is 13.4.